The van der Waals surface area contributed by atoms with Gasteiger partial charge in [-0.3, -0.25) is 4.68 Å². The molecule has 0 fully saturated rings. The first-order chi connectivity index (χ1) is 8.61. The van der Waals surface area contributed by atoms with Crippen LogP contribution in [-0.2, 0) is 13.6 Å². The minimum atomic E-state index is 0.316. The second-order valence-corrected chi connectivity index (χ2v) is 4.87. The van der Waals surface area contributed by atoms with Crippen molar-refractivity contribution in [1.29, 1.82) is 0 Å². The maximum absolute atomic E-state index is 5.85. The first-order valence-corrected chi connectivity index (χ1v) is 6.16. The van der Waals surface area contributed by atoms with E-state index in [0.717, 1.165) is 11.5 Å². The van der Waals surface area contributed by atoms with Gasteiger partial charge in [0, 0.05) is 31.4 Å². The molecule has 98 valence electrons. The Bertz CT molecular complexity index is 498. The first-order valence-electron chi connectivity index (χ1n) is 6.16. The highest BCUT2D eigenvalue weighted by Gasteiger charge is 2.18. The Labute approximate surface area is 107 Å². The third-order valence-corrected chi connectivity index (χ3v) is 3.14. The van der Waals surface area contributed by atoms with Crippen LogP contribution in [0.5, 0.6) is 0 Å². The van der Waals surface area contributed by atoms with Crippen LogP contribution in [0.15, 0.2) is 18.9 Å². The minimum absolute atomic E-state index is 0.316. The Hall–Kier alpha value is -1.69. The van der Waals surface area contributed by atoms with Crippen LogP contribution in [0.3, 0.4) is 0 Å². The fourth-order valence-corrected chi connectivity index (χ4v) is 2.11. The maximum Gasteiger partial charge on any atom is 0.170 e. The summed E-state index contributed by atoms with van der Waals surface area (Å²) < 4.78 is 3.78. The second-order valence-electron chi connectivity index (χ2n) is 4.87. The van der Waals surface area contributed by atoms with Gasteiger partial charge in [0.15, 0.2) is 5.82 Å². The molecule has 0 saturated carbocycles. The fourth-order valence-electron chi connectivity index (χ4n) is 2.11. The third-order valence-electron chi connectivity index (χ3n) is 3.14. The van der Waals surface area contributed by atoms with Gasteiger partial charge in [-0.05, 0) is 5.92 Å². The second kappa shape index (κ2) is 5.30. The molecule has 1 atom stereocenters. The summed E-state index contributed by atoms with van der Waals surface area (Å²) in [6.07, 6.45) is 5.41. The number of imidazole rings is 1. The van der Waals surface area contributed by atoms with Crippen LogP contribution < -0.4 is 5.73 Å². The van der Waals surface area contributed by atoms with Gasteiger partial charge in [0.25, 0.3) is 0 Å². The molecule has 0 amide bonds. The highest BCUT2D eigenvalue weighted by Crippen LogP contribution is 2.23. The van der Waals surface area contributed by atoms with E-state index in [1.54, 1.807) is 11.0 Å². The molecular formula is C12H20N6. The summed E-state index contributed by atoms with van der Waals surface area (Å²) in [5.41, 5.74) is 7.01. The van der Waals surface area contributed by atoms with Gasteiger partial charge in [-0.2, -0.15) is 5.10 Å². The number of hydrogen-bond donors (Lipinski definition) is 1. The summed E-state index contributed by atoms with van der Waals surface area (Å²) in [6, 6.07) is 0. The van der Waals surface area contributed by atoms with Gasteiger partial charge in [-0.25, -0.2) is 9.97 Å². The lowest BCUT2D eigenvalue weighted by Crippen LogP contribution is -2.21. The lowest BCUT2D eigenvalue weighted by atomic mass is 9.93. The Morgan fingerprint density at radius 1 is 1.33 bits per heavy atom. The molecule has 0 aromatic carbocycles. The zero-order valence-electron chi connectivity index (χ0n) is 11.1. The predicted octanol–water partition coefficient (Wildman–Crippen LogP) is 0.758. The van der Waals surface area contributed by atoms with Crippen molar-refractivity contribution in [2.24, 2.45) is 18.7 Å². The standard InChI is InChI=1S/C12H20N6/c1-9(2)10(4-13)11-5-14-7-18(11)6-12-15-8-17(3)16-12/h5,7-10H,4,6,13H2,1-3H3. The quantitative estimate of drug-likeness (QED) is 0.847. The number of aromatic nitrogens is 5. The number of aryl methyl sites for hydroxylation is 1. The molecule has 6 nitrogen and oxygen atoms in total. The van der Waals surface area contributed by atoms with Crippen LogP contribution >= 0.6 is 0 Å². The summed E-state index contributed by atoms with van der Waals surface area (Å²) in [4.78, 5) is 8.46. The number of nitrogens with zero attached hydrogens (tertiary/aromatic N) is 5. The Morgan fingerprint density at radius 3 is 2.67 bits per heavy atom. The minimum Gasteiger partial charge on any atom is -0.330 e. The summed E-state index contributed by atoms with van der Waals surface area (Å²) in [5.74, 6) is 1.59. The number of rotatable bonds is 5. The van der Waals surface area contributed by atoms with E-state index in [1.165, 1.54) is 0 Å². The smallest absolute Gasteiger partial charge is 0.170 e. The van der Waals surface area contributed by atoms with Crippen LogP contribution in [0.25, 0.3) is 0 Å². The van der Waals surface area contributed by atoms with Crippen molar-refractivity contribution in [3.63, 3.8) is 0 Å². The van der Waals surface area contributed by atoms with Gasteiger partial charge in [-0.15, -0.1) is 0 Å². The molecule has 18 heavy (non-hydrogen) atoms. The average Bonchev–Trinajstić information content (AvgIpc) is 2.90. The molecule has 2 aromatic rings. The van der Waals surface area contributed by atoms with E-state index < -0.39 is 0 Å². The largest absolute Gasteiger partial charge is 0.330 e. The summed E-state index contributed by atoms with van der Waals surface area (Å²) in [5, 5.41) is 4.28. The summed E-state index contributed by atoms with van der Waals surface area (Å²) in [6.45, 7) is 5.61. The SMILES string of the molecule is CC(C)C(CN)c1cncn1Cc1ncn(C)n1. The van der Waals surface area contributed by atoms with Gasteiger partial charge >= 0.3 is 0 Å². The molecule has 0 saturated heterocycles. The van der Waals surface area contributed by atoms with E-state index in [-0.39, 0.29) is 0 Å². The monoisotopic (exact) mass is 248 g/mol. The Morgan fingerprint density at radius 2 is 2.11 bits per heavy atom. The van der Waals surface area contributed by atoms with Crippen LogP contribution in [0, 0.1) is 5.92 Å². The van der Waals surface area contributed by atoms with Crippen LogP contribution in [0.4, 0.5) is 0 Å². The molecular weight excluding hydrogens is 228 g/mol. The molecule has 0 aliphatic carbocycles. The topological polar surface area (TPSA) is 74.5 Å². The van der Waals surface area contributed by atoms with Crippen molar-refractivity contribution < 1.29 is 0 Å². The molecule has 0 aliphatic heterocycles. The molecule has 0 spiro atoms. The van der Waals surface area contributed by atoms with Gasteiger partial charge < -0.3 is 10.3 Å². The Balaban J connectivity index is 2.22. The summed E-state index contributed by atoms with van der Waals surface area (Å²) >= 11 is 0. The van der Waals surface area contributed by atoms with E-state index in [1.807, 2.05) is 19.6 Å². The normalized spacial score (nSPS) is 13.2. The average molecular weight is 248 g/mol. The Kier molecular flexibility index (Phi) is 3.76. The molecule has 2 N–H and O–H groups in total. The molecule has 2 heterocycles. The molecule has 2 rings (SSSR count). The van der Waals surface area contributed by atoms with E-state index in [2.05, 4.69) is 33.5 Å². The summed E-state index contributed by atoms with van der Waals surface area (Å²) in [7, 11) is 1.86. The van der Waals surface area contributed by atoms with Crippen LogP contribution in [-0.4, -0.2) is 30.9 Å². The van der Waals surface area contributed by atoms with E-state index in [9.17, 15) is 0 Å². The predicted molar refractivity (Wildman–Crippen MR) is 69.0 cm³/mol. The fraction of sp³-hybridized carbons (Fsp3) is 0.583. The van der Waals surface area contributed by atoms with Gasteiger partial charge in [0.05, 0.1) is 12.9 Å². The zero-order chi connectivity index (χ0) is 13.1. The maximum atomic E-state index is 5.85. The van der Waals surface area contributed by atoms with Gasteiger partial charge in [0.2, 0.25) is 0 Å². The third kappa shape index (κ3) is 2.59. The van der Waals surface area contributed by atoms with Crippen molar-refractivity contribution in [1.82, 2.24) is 24.3 Å². The zero-order valence-corrected chi connectivity index (χ0v) is 11.1. The van der Waals surface area contributed by atoms with Crippen molar-refractivity contribution in [3.8, 4) is 0 Å². The van der Waals surface area contributed by atoms with E-state index in [4.69, 9.17) is 5.73 Å². The van der Waals surface area contributed by atoms with Gasteiger partial charge in [-0.1, -0.05) is 13.8 Å². The number of nitrogens with two attached hydrogens (primary N) is 1. The lowest BCUT2D eigenvalue weighted by Gasteiger charge is -2.20. The van der Waals surface area contributed by atoms with Gasteiger partial charge in [0.1, 0.15) is 6.33 Å². The van der Waals surface area contributed by atoms with Crippen molar-refractivity contribution >= 4 is 0 Å². The van der Waals surface area contributed by atoms with Crippen LogP contribution in [0.1, 0.15) is 31.3 Å². The van der Waals surface area contributed by atoms with Crippen molar-refractivity contribution in [2.75, 3.05) is 6.54 Å². The number of hydrogen-bond acceptors (Lipinski definition) is 4. The molecule has 6 heteroatoms. The molecule has 1 unspecified atom stereocenters. The highest BCUT2D eigenvalue weighted by molar-refractivity contribution is 5.09. The molecule has 2 aromatic heterocycles. The van der Waals surface area contributed by atoms with E-state index in [0.29, 0.717) is 24.9 Å². The first kappa shape index (κ1) is 12.8. The highest BCUT2D eigenvalue weighted by atomic mass is 15.3. The van der Waals surface area contributed by atoms with Crippen molar-refractivity contribution in [3.05, 3.63) is 30.4 Å². The molecule has 0 radical (unpaired) electrons. The van der Waals surface area contributed by atoms with Crippen LogP contribution in [0.2, 0.25) is 0 Å². The van der Waals surface area contributed by atoms with E-state index >= 15 is 0 Å². The lowest BCUT2D eigenvalue weighted by molar-refractivity contribution is 0.476. The molecule has 0 bridgehead atoms. The van der Waals surface area contributed by atoms with Crippen molar-refractivity contribution in [2.45, 2.75) is 26.3 Å². The molecule has 0 aliphatic rings.